The molecule has 0 aromatic carbocycles. The normalized spacial score (nSPS) is 29.9. The summed E-state index contributed by atoms with van der Waals surface area (Å²) < 4.78 is 16.6. The third-order valence-electron chi connectivity index (χ3n) is 4.11. The highest BCUT2D eigenvalue weighted by molar-refractivity contribution is 8.07. The summed E-state index contributed by atoms with van der Waals surface area (Å²) in [7, 11) is 1.37. The van der Waals surface area contributed by atoms with E-state index in [1.807, 2.05) is 20.8 Å². The molecule has 2 N–H and O–H groups in total. The van der Waals surface area contributed by atoms with E-state index in [1.54, 1.807) is 0 Å². The Bertz CT molecular complexity index is 461. The van der Waals surface area contributed by atoms with Gasteiger partial charge in [-0.1, -0.05) is 27.7 Å². The molecule has 23 heavy (non-hydrogen) atoms. The summed E-state index contributed by atoms with van der Waals surface area (Å²) in [5.41, 5.74) is 2.47. The minimum atomic E-state index is -3.16. The van der Waals surface area contributed by atoms with E-state index in [1.165, 1.54) is 18.5 Å². The van der Waals surface area contributed by atoms with Crippen molar-refractivity contribution in [1.29, 1.82) is 0 Å². The van der Waals surface area contributed by atoms with E-state index in [0.29, 0.717) is 6.42 Å². The lowest BCUT2D eigenvalue weighted by Crippen LogP contribution is -2.34. The first-order chi connectivity index (χ1) is 10.9. The minimum Gasteiger partial charge on any atom is -0.370 e. The van der Waals surface area contributed by atoms with Gasteiger partial charge in [0.15, 0.2) is 0 Å². The van der Waals surface area contributed by atoms with Gasteiger partial charge in [0.1, 0.15) is 6.23 Å². The van der Waals surface area contributed by atoms with Crippen molar-refractivity contribution in [2.75, 3.05) is 13.8 Å². The largest absolute Gasteiger partial charge is 0.370 e. The summed E-state index contributed by atoms with van der Waals surface area (Å²) in [6.07, 6.45) is 2.12. The molecule has 1 fully saturated rings. The van der Waals surface area contributed by atoms with Gasteiger partial charge >= 0.3 is 6.72 Å². The monoisotopic (exact) mass is 366 g/mol. The van der Waals surface area contributed by atoms with Crippen LogP contribution in [0.5, 0.6) is 0 Å². The van der Waals surface area contributed by atoms with Gasteiger partial charge in [-0.05, 0) is 31.6 Å². The molecular formula is C15H31N2O4PS. The second-order valence-corrected chi connectivity index (χ2v) is 8.19. The highest BCUT2D eigenvalue weighted by atomic mass is 32.5. The van der Waals surface area contributed by atoms with Crippen LogP contribution in [0.15, 0.2) is 11.4 Å². The fourth-order valence-electron chi connectivity index (χ4n) is 2.88. The molecule has 0 amide bonds. The van der Waals surface area contributed by atoms with E-state index in [-0.39, 0.29) is 18.4 Å². The highest BCUT2D eigenvalue weighted by Gasteiger charge is 2.41. The highest BCUT2D eigenvalue weighted by Crippen LogP contribution is 2.47. The quantitative estimate of drug-likeness (QED) is 0.699. The van der Waals surface area contributed by atoms with Crippen LogP contribution in [0.1, 0.15) is 53.9 Å². The minimum absolute atomic E-state index is 0.0524. The van der Waals surface area contributed by atoms with Crippen LogP contribution >= 0.6 is 6.72 Å². The summed E-state index contributed by atoms with van der Waals surface area (Å²) in [5.74, 6) is 0. The van der Waals surface area contributed by atoms with Crippen molar-refractivity contribution in [3.63, 3.8) is 0 Å². The molecule has 4 unspecified atom stereocenters. The molecule has 136 valence electrons. The summed E-state index contributed by atoms with van der Waals surface area (Å²) in [6, 6.07) is 0. The molecule has 0 radical (unpaired) electrons. The molecular weight excluding hydrogens is 335 g/mol. The topological polar surface area (TPSA) is 63.2 Å². The van der Waals surface area contributed by atoms with E-state index in [4.69, 9.17) is 25.6 Å². The Kier molecular flexibility index (Phi) is 8.48. The van der Waals surface area contributed by atoms with Crippen LogP contribution in [-0.2, 0) is 25.6 Å². The van der Waals surface area contributed by atoms with Crippen molar-refractivity contribution >= 4 is 18.5 Å². The van der Waals surface area contributed by atoms with Crippen LogP contribution in [0.2, 0.25) is 0 Å². The van der Waals surface area contributed by atoms with E-state index >= 15 is 0 Å². The van der Waals surface area contributed by atoms with Gasteiger partial charge in [-0.15, -0.1) is 0 Å². The smallest absolute Gasteiger partial charge is 0.324 e. The van der Waals surface area contributed by atoms with Gasteiger partial charge in [-0.3, -0.25) is 0 Å². The third kappa shape index (κ3) is 5.15. The Morgan fingerprint density at radius 1 is 1.43 bits per heavy atom. The molecule has 2 aliphatic heterocycles. The molecule has 0 aromatic rings. The van der Waals surface area contributed by atoms with Crippen molar-refractivity contribution in [3.8, 4) is 0 Å². The van der Waals surface area contributed by atoms with Crippen molar-refractivity contribution in [1.82, 2.24) is 10.2 Å². The van der Waals surface area contributed by atoms with Gasteiger partial charge < -0.3 is 28.9 Å². The molecule has 8 heteroatoms. The van der Waals surface area contributed by atoms with E-state index in [2.05, 4.69) is 24.1 Å². The first kappa shape index (κ1) is 20.9. The van der Waals surface area contributed by atoms with E-state index < -0.39 is 6.72 Å². The average Bonchev–Trinajstić information content (AvgIpc) is 3.11. The maximum Gasteiger partial charge on any atom is 0.324 e. The Morgan fingerprint density at radius 2 is 2.09 bits per heavy atom. The van der Waals surface area contributed by atoms with Gasteiger partial charge in [0.25, 0.3) is 0 Å². The zero-order valence-electron chi connectivity index (χ0n) is 15.0. The number of hydrogen-bond acceptors (Lipinski definition) is 6. The Labute approximate surface area is 145 Å². The summed E-state index contributed by atoms with van der Waals surface area (Å²) >= 11 is 4.95. The van der Waals surface area contributed by atoms with Gasteiger partial charge in [-0.2, -0.15) is 0 Å². The first-order valence-corrected chi connectivity index (χ1v) is 10.9. The second kappa shape index (κ2) is 9.35. The standard InChI is InChI=1S/C13H25N2O4PS.C2H6/c1-5-10-9(3)15(8-14-10)13-7-12(11(6-2)18-13)19-20(16,21)17-4;1-2/h11-14H,5-8H2,1-4H3,(H,16,21);1-2H3. The molecule has 0 spiro atoms. The van der Waals surface area contributed by atoms with Crippen molar-refractivity contribution in [3.05, 3.63) is 11.4 Å². The number of nitrogens with one attached hydrogen (secondary N) is 1. The van der Waals surface area contributed by atoms with Crippen molar-refractivity contribution in [2.45, 2.75) is 72.3 Å². The molecule has 0 aliphatic carbocycles. The summed E-state index contributed by atoms with van der Waals surface area (Å²) in [6.45, 7) is 7.87. The molecule has 2 rings (SSSR count). The zero-order chi connectivity index (χ0) is 17.6. The number of allylic oxidation sites excluding steroid dienone is 2. The molecule has 0 bridgehead atoms. The van der Waals surface area contributed by atoms with Crippen molar-refractivity contribution < 1.29 is 18.7 Å². The third-order valence-corrected chi connectivity index (χ3v) is 5.82. The van der Waals surface area contributed by atoms with Crippen LogP contribution < -0.4 is 5.32 Å². The van der Waals surface area contributed by atoms with Gasteiger partial charge in [-0.25, -0.2) is 0 Å². The maximum absolute atomic E-state index is 9.87. The van der Waals surface area contributed by atoms with Gasteiger partial charge in [0.2, 0.25) is 0 Å². The fraction of sp³-hybridized carbons (Fsp3) is 0.867. The lowest BCUT2D eigenvalue weighted by molar-refractivity contribution is -0.0466. The second-order valence-electron chi connectivity index (χ2n) is 5.29. The summed E-state index contributed by atoms with van der Waals surface area (Å²) in [4.78, 5) is 12.1. The maximum atomic E-state index is 9.87. The van der Waals surface area contributed by atoms with Crippen LogP contribution in [0.3, 0.4) is 0 Å². The van der Waals surface area contributed by atoms with Crippen LogP contribution in [0.25, 0.3) is 0 Å². The molecule has 0 saturated carbocycles. The molecule has 1 saturated heterocycles. The summed E-state index contributed by atoms with van der Waals surface area (Å²) in [5, 5.41) is 3.39. The van der Waals surface area contributed by atoms with E-state index in [0.717, 1.165) is 19.5 Å². The number of hydrogen-bond donors (Lipinski definition) is 2. The average molecular weight is 366 g/mol. The fourth-order valence-corrected chi connectivity index (χ4v) is 3.86. The van der Waals surface area contributed by atoms with E-state index in [9.17, 15) is 4.89 Å². The van der Waals surface area contributed by atoms with Gasteiger partial charge in [0, 0.05) is 24.9 Å². The van der Waals surface area contributed by atoms with Crippen molar-refractivity contribution in [2.24, 2.45) is 0 Å². The zero-order valence-corrected chi connectivity index (χ0v) is 16.7. The molecule has 6 nitrogen and oxygen atoms in total. The van der Waals surface area contributed by atoms with Crippen LogP contribution in [0.4, 0.5) is 0 Å². The predicted molar refractivity (Wildman–Crippen MR) is 96.1 cm³/mol. The molecule has 4 atom stereocenters. The number of rotatable bonds is 6. The number of nitrogens with zero attached hydrogens (tertiary/aromatic N) is 1. The lowest BCUT2D eigenvalue weighted by atomic mass is 10.1. The number of ether oxygens (including phenoxy) is 1. The van der Waals surface area contributed by atoms with Crippen LogP contribution in [0, 0.1) is 0 Å². The SMILES string of the molecule is CC.CCC1=C(C)N(C2CC(OP(O)(=S)OC)C(CC)O2)CN1. The lowest BCUT2D eigenvalue weighted by Gasteiger charge is -2.26. The Balaban J connectivity index is 0.00000127. The Morgan fingerprint density at radius 3 is 2.57 bits per heavy atom. The molecule has 2 aliphatic rings. The molecule has 2 heterocycles. The molecule has 0 aromatic heterocycles. The predicted octanol–water partition coefficient (Wildman–Crippen LogP) is 3.29. The van der Waals surface area contributed by atoms with Crippen LogP contribution in [-0.4, -0.2) is 42.0 Å². The van der Waals surface area contributed by atoms with Gasteiger partial charge in [0.05, 0.1) is 18.9 Å². The Hall–Kier alpha value is -0.170. The first-order valence-electron chi connectivity index (χ1n) is 8.34.